The van der Waals surface area contributed by atoms with Crippen molar-refractivity contribution in [2.45, 2.75) is 25.3 Å². The number of methoxy groups -OCH3 is 2. The quantitative estimate of drug-likeness (QED) is 0.476. The molecular weight excluding hydrogens is 404 g/mol. The smallest absolute Gasteiger partial charge is 0.187 e. The van der Waals surface area contributed by atoms with Gasteiger partial charge in [-0.1, -0.05) is 12.1 Å². The number of nitrogens with two attached hydrogens (primary N) is 1. The maximum atomic E-state index is 6.24. The van der Waals surface area contributed by atoms with Crippen LogP contribution in [0.3, 0.4) is 0 Å². The number of hydrogen-bond donors (Lipinski definition) is 1. The summed E-state index contributed by atoms with van der Waals surface area (Å²) in [7, 11) is 3.23. The maximum Gasteiger partial charge on any atom is 0.187 e. The number of rotatable bonds is 7. The molecule has 1 aromatic carbocycles. The molecule has 2 N–H and O–H groups in total. The average Bonchev–Trinajstić information content (AvgIpc) is 3.59. The van der Waals surface area contributed by atoms with Gasteiger partial charge < -0.3 is 15.2 Å². The summed E-state index contributed by atoms with van der Waals surface area (Å²) in [5, 5.41) is 4.86. The summed E-state index contributed by atoms with van der Waals surface area (Å²) in [5.74, 6) is 2.56. The minimum atomic E-state index is 0.280. The van der Waals surface area contributed by atoms with Crippen LogP contribution in [0.15, 0.2) is 54.9 Å². The zero-order chi connectivity index (χ0) is 22.1. The van der Waals surface area contributed by atoms with Gasteiger partial charge in [0.05, 0.1) is 20.8 Å². The van der Waals surface area contributed by atoms with Crippen LogP contribution in [0.5, 0.6) is 11.5 Å². The van der Waals surface area contributed by atoms with Gasteiger partial charge in [-0.05, 0) is 48.7 Å². The Bertz CT molecular complexity index is 1230. The lowest BCUT2D eigenvalue weighted by Crippen LogP contribution is -2.06. The molecule has 0 aliphatic heterocycles. The molecule has 0 saturated heterocycles. The minimum absolute atomic E-state index is 0.280. The van der Waals surface area contributed by atoms with E-state index in [1.54, 1.807) is 26.6 Å². The van der Waals surface area contributed by atoms with E-state index in [2.05, 4.69) is 28.2 Å². The van der Waals surface area contributed by atoms with Crippen molar-refractivity contribution in [3.05, 3.63) is 66.1 Å². The molecule has 8 nitrogen and oxygen atoms in total. The van der Waals surface area contributed by atoms with Gasteiger partial charge >= 0.3 is 0 Å². The SMILES string of the molecule is COc1ccc(Cn2nc(-c3nc(N)c(OC)c(-c4ccncc4)n3)cc2C2CC2)cc1. The minimum Gasteiger partial charge on any atom is -0.497 e. The van der Waals surface area contributed by atoms with Crippen LogP contribution in [0.4, 0.5) is 5.82 Å². The lowest BCUT2D eigenvalue weighted by Gasteiger charge is -2.11. The fraction of sp³-hybridized carbons (Fsp3) is 0.250. The summed E-state index contributed by atoms with van der Waals surface area (Å²) < 4.78 is 12.8. The Morgan fingerprint density at radius 2 is 1.75 bits per heavy atom. The van der Waals surface area contributed by atoms with Crippen molar-refractivity contribution >= 4 is 5.82 Å². The Kier molecular flexibility index (Phi) is 5.18. The molecule has 0 amide bonds. The third-order valence-electron chi connectivity index (χ3n) is 5.58. The number of ether oxygens (including phenoxy) is 2. The Balaban J connectivity index is 1.55. The Morgan fingerprint density at radius 1 is 1.00 bits per heavy atom. The van der Waals surface area contributed by atoms with E-state index in [1.807, 2.05) is 28.9 Å². The van der Waals surface area contributed by atoms with Gasteiger partial charge in [0.15, 0.2) is 17.4 Å². The molecule has 0 spiro atoms. The molecule has 3 aromatic heterocycles. The molecule has 1 aliphatic rings. The van der Waals surface area contributed by atoms with Gasteiger partial charge in [0.2, 0.25) is 0 Å². The van der Waals surface area contributed by atoms with Crippen LogP contribution in [0.1, 0.15) is 30.0 Å². The van der Waals surface area contributed by atoms with Gasteiger partial charge in [0.1, 0.15) is 17.1 Å². The molecule has 0 atom stereocenters. The van der Waals surface area contributed by atoms with Gasteiger partial charge in [-0.2, -0.15) is 5.10 Å². The lowest BCUT2D eigenvalue weighted by molar-refractivity contribution is 0.414. The van der Waals surface area contributed by atoms with Crippen LogP contribution in [0.2, 0.25) is 0 Å². The van der Waals surface area contributed by atoms with Crippen molar-refractivity contribution in [1.29, 1.82) is 0 Å². The maximum absolute atomic E-state index is 6.24. The summed E-state index contributed by atoms with van der Waals surface area (Å²) in [6.07, 6.45) is 5.76. The van der Waals surface area contributed by atoms with Gasteiger partial charge in [0.25, 0.3) is 0 Å². The van der Waals surface area contributed by atoms with E-state index >= 15 is 0 Å². The second kappa shape index (κ2) is 8.30. The van der Waals surface area contributed by atoms with Crippen molar-refractivity contribution in [2.24, 2.45) is 0 Å². The standard InChI is InChI=1S/C24H24N6O2/c1-31-18-7-3-15(4-8-18)14-30-20(16-5-6-16)13-19(29-30)24-27-21(17-9-11-26-12-10-17)22(32-2)23(25)28-24/h3-4,7-13,16H,5-6,14H2,1-2H3,(H2,25,27,28). The fourth-order valence-corrected chi connectivity index (χ4v) is 3.77. The summed E-state index contributed by atoms with van der Waals surface area (Å²) in [4.78, 5) is 13.4. The molecule has 1 aliphatic carbocycles. The first-order valence-corrected chi connectivity index (χ1v) is 10.5. The number of nitrogen functional groups attached to an aromatic ring is 1. The zero-order valence-corrected chi connectivity index (χ0v) is 18.0. The molecule has 5 rings (SSSR count). The van der Waals surface area contributed by atoms with Crippen LogP contribution in [0.25, 0.3) is 22.8 Å². The average molecular weight is 428 g/mol. The van der Waals surface area contributed by atoms with Crippen molar-refractivity contribution in [2.75, 3.05) is 20.0 Å². The molecular formula is C24H24N6O2. The third kappa shape index (κ3) is 3.87. The van der Waals surface area contributed by atoms with E-state index in [0.717, 1.165) is 16.9 Å². The first kappa shape index (κ1) is 20.0. The highest BCUT2D eigenvalue weighted by Crippen LogP contribution is 2.42. The van der Waals surface area contributed by atoms with Gasteiger partial charge in [0, 0.05) is 29.6 Å². The summed E-state index contributed by atoms with van der Waals surface area (Å²) in [6.45, 7) is 0.665. The first-order valence-electron chi connectivity index (χ1n) is 10.5. The number of hydrogen-bond acceptors (Lipinski definition) is 7. The highest BCUT2D eigenvalue weighted by molar-refractivity contribution is 5.74. The van der Waals surface area contributed by atoms with E-state index in [9.17, 15) is 0 Å². The van der Waals surface area contributed by atoms with Crippen molar-refractivity contribution in [3.8, 4) is 34.3 Å². The molecule has 4 aromatic rings. The lowest BCUT2D eigenvalue weighted by atomic mass is 10.1. The number of benzene rings is 1. The number of aromatic nitrogens is 5. The number of nitrogens with zero attached hydrogens (tertiary/aromatic N) is 5. The molecule has 0 bridgehead atoms. The largest absolute Gasteiger partial charge is 0.497 e. The summed E-state index contributed by atoms with van der Waals surface area (Å²) in [6, 6.07) is 13.9. The number of pyridine rings is 1. The monoisotopic (exact) mass is 428 g/mol. The molecule has 162 valence electrons. The van der Waals surface area contributed by atoms with Crippen LogP contribution >= 0.6 is 0 Å². The molecule has 0 radical (unpaired) electrons. The summed E-state index contributed by atoms with van der Waals surface area (Å²) >= 11 is 0. The highest BCUT2D eigenvalue weighted by Gasteiger charge is 2.29. The third-order valence-corrected chi connectivity index (χ3v) is 5.58. The second-order valence-electron chi connectivity index (χ2n) is 7.78. The van der Waals surface area contributed by atoms with Crippen LogP contribution < -0.4 is 15.2 Å². The Labute approximate surface area is 186 Å². The van der Waals surface area contributed by atoms with Crippen molar-refractivity contribution in [3.63, 3.8) is 0 Å². The van der Waals surface area contributed by atoms with Gasteiger partial charge in [-0.25, -0.2) is 9.97 Å². The number of anilines is 1. The van der Waals surface area contributed by atoms with Gasteiger partial charge in [-0.15, -0.1) is 0 Å². The predicted octanol–water partition coefficient (Wildman–Crippen LogP) is 3.93. The van der Waals surface area contributed by atoms with E-state index < -0.39 is 0 Å². The van der Waals surface area contributed by atoms with E-state index in [4.69, 9.17) is 25.3 Å². The first-order chi connectivity index (χ1) is 15.7. The Hall–Kier alpha value is -3.94. The van der Waals surface area contributed by atoms with E-state index in [1.165, 1.54) is 18.5 Å². The van der Waals surface area contributed by atoms with Gasteiger partial charge in [-0.3, -0.25) is 9.67 Å². The van der Waals surface area contributed by atoms with Crippen molar-refractivity contribution in [1.82, 2.24) is 24.7 Å². The Morgan fingerprint density at radius 3 is 2.41 bits per heavy atom. The fourth-order valence-electron chi connectivity index (χ4n) is 3.77. The molecule has 0 unspecified atom stereocenters. The highest BCUT2D eigenvalue weighted by atomic mass is 16.5. The topological polar surface area (TPSA) is 101 Å². The van der Waals surface area contributed by atoms with E-state index in [-0.39, 0.29) is 5.82 Å². The summed E-state index contributed by atoms with van der Waals surface area (Å²) in [5.41, 5.74) is 10.8. The van der Waals surface area contributed by atoms with Crippen LogP contribution in [0, 0.1) is 0 Å². The zero-order valence-electron chi connectivity index (χ0n) is 18.0. The predicted molar refractivity (Wildman–Crippen MR) is 122 cm³/mol. The van der Waals surface area contributed by atoms with Crippen LogP contribution in [-0.4, -0.2) is 39.0 Å². The molecule has 32 heavy (non-hydrogen) atoms. The van der Waals surface area contributed by atoms with Crippen LogP contribution in [-0.2, 0) is 6.54 Å². The second-order valence-corrected chi connectivity index (χ2v) is 7.78. The molecule has 8 heteroatoms. The van der Waals surface area contributed by atoms with E-state index in [0.29, 0.717) is 35.4 Å². The molecule has 1 saturated carbocycles. The van der Waals surface area contributed by atoms with Crippen molar-refractivity contribution < 1.29 is 9.47 Å². The molecule has 3 heterocycles. The molecule has 1 fully saturated rings. The normalized spacial score (nSPS) is 13.2.